The maximum atomic E-state index is 13.8. The molecule has 7 heteroatoms. The highest BCUT2D eigenvalue weighted by Crippen LogP contribution is 2.20. The molecule has 1 aliphatic heterocycles. The fourth-order valence-electron chi connectivity index (χ4n) is 2.96. The Balaban J connectivity index is 1.43. The summed E-state index contributed by atoms with van der Waals surface area (Å²) in [6, 6.07) is 12.1. The van der Waals surface area contributed by atoms with E-state index < -0.39 is 5.97 Å². The van der Waals surface area contributed by atoms with Gasteiger partial charge in [-0.3, -0.25) is 9.59 Å². The highest BCUT2D eigenvalue weighted by molar-refractivity contribution is 5.81. The van der Waals surface area contributed by atoms with E-state index in [2.05, 4.69) is 0 Å². The molecule has 3 rings (SSSR count). The van der Waals surface area contributed by atoms with Gasteiger partial charge in [0.05, 0.1) is 12.1 Å². The van der Waals surface area contributed by atoms with Crippen molar-refractivity contribution in [1.29, 1.82) is 0 Å². The predicted molar refractivity (Wildman–Crippen MR) is 96.3 cm³/mol. The van der Waals surface area contributed by atoms with E-state index in [1.165, 1.54) is 30.3 Å². The SMILES string of the molecule is O=C(Cc1ccc(F)cc1)OCC(=O)N1CCN(c2ccccc2F)CC1. The molecular formula is C20H20F2N2O3. The fourth-order valence-corrected chi connectivity index (χ4v) is 2.96. The Morgan fingerprint density at radius 2 is 1.59 bits per heavy atom. The summed E-state index contributed by atoms with van der Waals surface area (Å²) in [6.45, 7) is 1.55. The second kappa shape index (κ2) is 8.62. The first-order valence-electron chi connectivity index (χ1n) is 8.70. The maximum Gasteiger partial charge on any atom is 0.310 e. The Bertz CT molecular complexity index is 803. The predicted octanol–water partition coefficient (Wildman–Crippen LogP) is 2.40. The Labute approximate surface area is 156 Å². The molecule has 0 atom stereocenters. The van der Waals surface area contributed by atoms with E-state index in [4.69, 9.17) is 4.74 Å². The largest absolute Gasteiger partial charge is 0.455 e. The van der Waals surface area contributed by atoms with Crippen LogP contribution in [0.15, 0.2) is 48.5 Å². The third-order valence-electron chi connectivity index (χ3n) is 4.44. The number of para-hydroxylation sites is 1. The number of benzene rings is 2. The molecule has 1 saturated heterocycles. The maximum absolute atomic E-state index is 13.8. The quantitative estimate of drug-likeness (QED) is 0.755. The van der Waals surface area contributed by atoms with Gasteiger partial charge < -0.3 is 14.5 Å². The number of nitrogens with zero attached hydrogens (tertiary/aromatic N) is 2. The van der Waals surface area contributed by atoms with Gasteiger partial charge in [0.1, 0.15) is 11.6 Å². The molecule has 1 amide bonds. The highest BCUT2D eigenvalue weighted by atomic mass is 19.1. The van der Waals surface area contributed by atoms with Gasteiger partial charge in [-0.1, -0.05) is 24.3 Å². The lowest BCUT2D eigenvalue weighted by Crippen LogP contribution is -2.50. The number of halogens is 2. The van der Waals surface area contributed by atoms with Gasteiger partial charge in [-0.25, -0.2) is 8.78 Å². The first-order valence-corrected chi connectivity index (χ1v) is 8.70. The second-order valence-corrected chi connectivity index (χ2v) is 6.28. The Morgan fingerprint density at radius 1 is 0.926 bits per heavy atom. The lowest BCUT2D eigenvalue weighted by atomic mass is 10.1. The van der Waals surface area contributed by atoms with Gasteiger partial charge in [-0.2, -0.15) is 0 Å². The van der Waals surface area contributed by atoms with Gasteiger partial charge in [0, 0.05) is 26.2 Å². The molecule has 0 aliphatic carbocycles. The van der Waals surface area contributed by atoms with Crippen LogP contribution in [0, 0.1) is 11.6 Å². The van der Waals surface area contributed by atoms with Crippen LogP contribution in [0.4, 0.5) is 14.5 Å². The number of carbonyl (C=O) groups is 2. The molecule has 0 aromatic heterocycles. The number of anilines is 1. The molecule has 142 valence electrons. The Hall–Kier alpha value is -2.96. The average Bonchev–Trinajstić information content (AvgIpc) is 2.68. The minimum absolute atomic E-state index is 0.0192. The van der Waals surface area contributed by atoms with Gasteiger partial charge in [-0.05, 0) is 29.8 Å². The summed E-state index contributed by atoms with van der Waals surface area (Å²) in [5.41, 5.74) is 1.14. The van der Waals surface area contributed by atoms with E-state index in [0.717, 1.165) is 0 Å². The van der Waals surface area contributed by atoms with E-state index in [1.54, 1.807) is 23.1 Å². The monoisotopic (exact) mass is 374 g/mol. The number of esters is 1. The first-order chi connectivity index (χ1) is 13.0. The van der Waals surface area contributed by atoms with Crippen LogP contribution in [0.3, 0.4) is 0 Å². The van der Waals surface area contributed by atoms with Crippen LogP contribution in [0.2, 0.25) is 0 Å². The molecule has 0 bridgehead atoms. The minimum Gasteiger partial charge on any atom is -0.455 e. The van der Waals surface area contributed by atoms with Crippen LogP contribution < -0.4 is 4.90 Å². The molecule has 1 aliphatic rings. The van der Waals surface area contributed by atoms with Crippen molar-refractivity contribution < 1.29 is 23.1 Å². The zero-order valence-corrected chi connectivity index (χ0v) is 14.7. The van der Waals surface area contributed by atoms with Crippen LogP contribution in [0.5, 0.6) is 0 Å². The van der Waals surface area contributed by atoms with E-state index in [-0.39, 0.29) is 30.6 Å². The number of carbonyl (C=O) groups excluding carboxylic acids is 2. The van der Waals surface area contributed by atoms with Gasteiger partial charge in [-0.15, -0.1) is 0 Å². The highest BCUT2D eigenvalue weighted by Gasteiger charge is 2.23. The van der Waals surface area contributed by atoms with Crippen molar-refractivity contribution in [2.24, 2.45) is 0 Å². The summed E-state index contributed by atoms with van der Waals surface area (Å²) in [5.74, 6) is -1.49. The van der Waals surface area contributed by atoms with Crippen LogP contribution >= 0.6 is 0 Å². The second-order valence-electron chi connectivity index (χ2n) is 6.28. The summed E-state index contributed by atoms with van der Waals surface area (Å²) >= 11 is 0. The van der Waals surface area contributed by atoms with Crippen molar-refractivity contribution >= 4 is 17.6 Å². The molecule has 0 saturated carbocycles. The molecule has 0 spiro atoms. The molecule has 27 heavy (non-hydrogen) atoms. The summed E-state index contributed by atoms with van der Waals surface area (Å²) in [4.78, 5) is 27.5. The standard InChI is InChI=1S/C20H20F2N2O3/c21-16-7-5-15(6-8-16)13-20(26)27-14-19(25)24-11-9-23(10-12-24)18-4-2-1-3-17(18)22/h1-8H,9-14H2. The summed E-state index contributed by atoms with van der Waals surface area (Å²) in [7, 11) is 0. The van der Waals surface area contributed by atoms with Gasteiger partial charge in [0.25, 0.3) is 5.91 Å². The molecule has 2 aromatic carbocycles. The topological polar surface area (TPSA) is 49.9 Å². The molecular weight excluding hydrogens is 354 g/mol. The summed E-state index contributed by atoms with van der Waals surface area (Å²) in [6.07, 6.45) is -0.0192. The fraction of sp³-hybridized carbons (Fsp3) is 0.300. The first kappa shape index (κ1) is 18.8. The number of amides is 1. The number of hydrogen-bond acceptors (Lipinski definition) is 4. The van der Waals surface area contributed by atoms with Crippen molar-refractivity contribution in [1.82, 2.24) is 4.90 Å². The average molecular weight is 374 g/mol. The molecule has 1 fully saturated rings. The third-order valence-corrected chi connectivity index (χ3v) is 4.44. The van der Waals surface area contributed by atoms with Crippen LogP contribution in [0.25, 0.3) is 0 Å². The van der Waals surface area contributed by atoms with Gasteiger partial charge >= 0.3 is 5.97 Å². The number of ether oxygens (including phenoxy) is 1. The summed E-state index contributed by atoms with van der Waals surface area (Å²) < 4.78 is 31.7. The molecule has 0 N–H and O–H groups in total. The lowest BCUT2D eigenvalue weighted by molar-refractivity contribution is -0.151. The van der Waals surface area contributed by atoms with Gasteiger partial charge in [0.15, 0.2) is 6.61 Å². The Morgan fingerprint density at radius 3 is 2.26 bits per heavy atom. The van der Waals surface area contributed by atoms with E-state index in [9.17, 15) is 18.4 Å². The summed E-state index contributed by atoms with van der Waals surface area (Å²) in [5, 5.41) is 0. The Kier molecular flexibility index (Phi) is 6.01. The zero-order chi connectivity index (χ0) is 19.2. The molecule has 5 nitrogen and oxygen atoms in total. The van der Waals surface area contributed by atoms with E-state index in [1.807, 2.05) is 4.90 Å². The third kappa shape index (κ3) is 5.03. The lowest BCUT2D eigenvalue weighted by Gasteiger charge is -2.36. The van der Waals surface area contributed by atoms with Crippen molar-refractivity contribution in [2.45, 2.75) is 6.42 Å². The van der Waals surface area contributed by atoms with Crippen molar-refractivity contribution in [2.75, 3.05) is 37.7 Å². The zero-order valence-electron chi connectivity index (χ0n) is 14.7. The number of rotatable bonds is 5. The molecule has 2 aromatic rings. The smallest absolute Gasteiger partial charge is 0.310 e. The minimum atomic E-state index is -0.542. The molecule has 1 heterocycles. The van der Waals surface area contributed by atoms with Crippen LogP contribution in [-0.4, -0.2) is 49.6 Å². The van der Waals surface area contributed by atoms with Crippen molar-refractivity contribution in [3.05, 3.63) is 65.7 Å². The normalized spacial score (nSPS) is 14.1. The molecule has 0 unspecified atom stereocenters. The van der Waals surface area contributed by atoms with Crippen molar-refractivity contribution in [3.8, 4) is 0 Å². The van der Waals surface area contributed by atoms with E-state index in [0.29, 0.717) is 37.4 Å². The molecule has 0 radical (unpaired) electrons. The van der Waals surface area contributed by atoms with Crippen LogP contribution in [-0.2, 0) is 20.7 Å². The van der Waals surface area contributed by atoms with Crippen molar-refractivity contribution in [3.63, 3.8) is 0 Å². The van der Waals surface area contributed by atoms with Crippen LogP contribution in [0.1, 0.15) is 5.56 Å². The van der Waals surface area contributed by atoms with E-state index >= 15 is 0 Å². The number of piperazine rings is 1. The number of hydrogen-bond donors (Lipinski definition) is 0. The van der Waals surface area contributed by atoms with Gasteiger partial charge in [0.2, 0.25) is 0 Å².